The van der Waals surface area contributed by atoms with Gasteiger partial charge in [0.2, 0.25) is 5.43 Å². The molecule has 2 aromatic heterocycles. The summed E-state index contributed by atoms with van der Waals surface area (Å²) in [6, 6.07) is 9.08. The first-order valence-electron chi connectivity index (χ1n) is 9.35. The van der Waals surface area contributed by atoms with E-state index in [1.165, 1.54) is 31.4 Å². The Morgan fingerprint density at radius 1 is 1.23 bits per heavy atom. The predicted molar refractivity (Wildman–Crippen MR) is 107 cm³/mol. The fourth-order valence-electron chi connectivity index (χ4n) is 3.14. The summed E-state index contributed by atoms with van der Waals surface area (Å²) in [7, 11) is 3.59. The van der Waals surface area contributed by atoms with Crippen molar-refractivity contribution in [1.29, 1.82) is 0 Å². The molecule has 1 aromatic carbocycles. The highest BCUT2D eigenvalue weighted by Crippen LogP contribution is 2.33. The number of nitrogens with zero attached hydrogens (tertiary/aromatic N) is 3. The molecule has 1 N–H and O–H groups in total. The van der Waals surface area contributed by atoms with Crippen molar-refractivity contribution in [1.82, 2.24) is 20.0 Å². The van der Waals surface area contributed by atoms with Gasteiger partial charge in [-0.3, -0.25) is 14.5 Å². The number of carbonyl (C=O) groups excluding carboxylic acids is 1. The van der Waals surface area contributed by atoms with Gasteiger partial charge in [-0.15, -0.1) is 0 Å². The summed E-state index contributed by atoms with van der Waals surface area (Å²) < 4.78 is 46.6. The largest absolute Gasteiger partial charge is 0.468 e. The van der Waals surface area contributed by atoms with Crippen molar-refractivity contribution in [3.05, 3.63) is 81.7 Å². The molecule has 0 unspecified atom stereocenters. The molecule has 0 saturated heterocycles. The molecule has 3 rings (SSSR count). The normalized spacial score (nSPS) is 12.7. The van der Waals surface area contributed by atoms with E-state index in [1.807, 2.05) is 4.90 Å². The number of aromatic nitrogens is 2. The van der Waals surface area contributed by atoms with E-state index in [2.05, 4.69) is 10.4 Å². The summed E-state index contributed by atoms with van der Waals surface area (Å²) in [4.78, 5) is 26.9. The first-order chi connectivity index (χ1) is 14.6. The molecule has 10 heteroatoms. The monoisotopic (exact) mass is 434 g/mol. The van der Waals surface area contributed by atoms with Crippen LogP contribution in [-0.2, 0) is 6.18 Å². The minimum absolute atomic E-state index is 0.105. The van der Waals surface area contributed by atoms with Crippen molar-refractivity contribution in [2.24, 2.45) is 0 Å². The number of nitrogens with one attached hydrogen (secondary N) is 1. The Balaban J connectivity index is 1.93. The quantitative estimate of drug-likeness (QED) is 0.645. The molecule has 0 radical (unpaired) electrons. The van der Waals surface area contributed by atoms with Crippen molar-refractivity contribution in [3.8, 4) is 5.69 Å². The van der Waals surface area contributed by atoms with Gasteiger partial charge >= 0.3 is 6.18 Å². The zero-order valence-corrected chi connectivity index (χ0v) is 17.1. The Bertz CT molecular complexity index is 1120. The molecule has 164 valence electrons. The fourth-order valence-corrected chi connectivity index (χ4v) is 3.14. The zero-order chi connectivity index (χ0) is 22.8. The van der Waals surface area contributed by atoms with Crippen LogP contribution in [0.1, 0.15) is 33.5 Å². The molecule has 2 heterocycles. The molecular formula is C21H21F3N4O3. The van der Waals surface area contributed by atoms with Crippen LogP contribution in [-0.4, -0.2) is 41.2 Å². The third-order valence-corrected chi connectivity index (χ3v) is 4.71. The Morgan fingerprint density at radius 2 is 1.94 bits per heavy atom. The zero-order valence-electron chi connectivity index (χ0n) is 17.1. The van der Waals surface area contributed by atoms with Crippen LogP contribution in [0.25, 0.3) is 5.69 Å². The second kappa shape index (κ2) is 8.76. The maximum absolute atomic E-state index is 13.4. The van der Waals surface area contributed by atoms with Gasteiger partial charge in [0.05, 0.1) is 23.6 Å². The average Bonchev–Trinajstić information content (AvgIpc) is 3.21. The standard InChI is InChI=1S/C21H21F3N4O3/c1-13-11-17(29)19(20(30)25-12-16(27(2)3)18-9-6-10-31-18)26-28(13)15-8-5-4-7-14(15)21(22,23)24/h4-11,16H,12H2,1-3H3,(H,25,30)/t16-/m0/s1. The van der Waals surface area contributed by atoms with Gasteiger partial charge in [-0.25, -0.2) is 4.68 Å². The van der Waals surface area contributed by atoms with E-state index in [4.69, 9.17) is 4.42 Å². The maximum atomic E-state index is 13.4. The molecule has 31 heavy (non-hydrogen) atoms. The van der Waals surface area contributed by atoms with Gasteiger partial charge in [-0.2, -0.15) is 18.3 Å². The van der Waals surface area contributed by atoms with E-state index < -0.39 is 28.8 Å². The SMILES string of the molecule is Cc1cc(=O)c(C(=O)NC[C@@H](c2ccco2)N(C)C)nn1-c1ccccc1C(F)(F)F. The molecule has 1 amide bonds. The molecular weight excluding hydrogens is 413 g/mol. The van der Waals surface area contributed by atoms with Gasteiger partial charge in [-0.1, -0.05) is 12.1 Å². The number of carbonyl (C=O) groups is 1. The van der Waals surface area contributed by atoms with Gasteiger partial charge in [0.1, 0.15) is 5.76 Å². The molecule has 3 aromatic rings. The number of aryl methyl sites for hydroxylation is 1. The van der Waals surface area contributed by atoms with Gasteiger partial charge < -0.3 is 9.73 Å². The van der Waals surface area contributed by atoms with E-state index in [0.29, 0.717) is 5.76 Å². The van der Waals surface area contributed by atoms with Crippen LogP contribution in [0.4, 0.5) is 13.2 Å². The second-order valence-corrected chi connectivity index (χ2v) is 7.13. The van der Waals surface area contributed by atoms with Crippen molar-refractivity contribution in [2.45, 2.75) is 19.1 Å². The number of hydrogen-bond acceptors (Lipinski definition) is 5. The van der Waals surface area contributed by atoms with Crippen LogP contribution in [0.3, 0.4) is 0 Å². The molecule has 7 nitrogen and oxygen atoms in total. The van der Waals surface area contributed by atoms with Gasteiger partial charge in [0, 0.05) is 18.3 Å². The molecule has 0 aliphatic heterocycles. The van der Waals surface area contributed by atoms with Gasteiger partial charge in [0.25, 0.3) is 5.91 Å². The minimum Gasteiger partial charge on any atom is -0.468 e. The smallest absolute Gasteiger partial charge is 0.418 e. The minimum atomic E-state index is -4.63. The maximum Gasteiger partial charge on any atom is 0.418 e. The van der Waals surface area contributed by atoms with E-state index in [9.17, 15) is 22.8 Å². The summed E-state index contributed by atoms with van der Waals surface area (Å²) in [6.45, 7) is 1.55. The number of benzene rings is 1. The van der Waals surface area contributed by atoms with Crippen molar-refractivity contribution >= 4 is 5.91 Å². The number of furan rings is 1. The highest BCUT2D eigenvalue weighted by atomic mass is 19.4. The lowest BCUT2D eigenvalue weighted by atomic mass is 10.1. The summed E-state index contributed by atoms with van der Waals surface area (Å²) in [5.74, 6) is -0.180. The Labute approximate surface area is 176 Å². The number of alkyl halides is 3. The number of amides is 1. The number of halogens is 3. The highest BCUT2D eigenvalue weighted by molar-refractivity contribution is 5.92. The predicted octanol–water partition coefficient (Wildman–Crippen LogP) is 3.19. The summed E-state index contributed by atoms with van der Waals surface area (Å²) in [6.07, 6.45) is -3.12. The Kier molecular flexibility index (Phi) is 6.30. The van der Waals surface area contributed by atoms with E-state index in [1.54, 1.807) is 26.2 Å². The summed E-state index contributed by atoms with van der Waals surface area (Å²) in [5.41, 5.74) is -2.22. The van der Waals surface area contributed by atoms with Crippen LogP contribution in [0.5, 0.6) is 0 Å². The summed E-state index contributed by atoms with van der Waals surface area (Å²) in [5, 5.41) is 6.57. The van der Waals surface area contributed by atoms with Crippen molar-refractivity contribution < 1.29 is 22.4 Å². The summed E-state index contributed by atoms with van der Waals surface area (Å²) >= 11 is 0. The molecule has 1 atom stereocenters. The molecule has 0 saturated carbocycles. The van der Waals surface area contributed by atoms with E-state index in [-0.39, 0.29) is 24.0 Å². The lowest BCUT2D eigenvalue weighted by molar-refractivity contribution is -0.137. The lowest BCUT2D eigenvalue weighted by Gasteiger charge is -2.22. The lowest BCUT2D eigenvalue weighted by Crippen LogP contribution is -2.37. The highest BCUT2D eigenvalue weighted by Gasteiger charge is 2.34. The van der Waals surface area contributed by atoms with E-state index >= 15 is 0 Å². The van der Waals surface area contributed by atoms with Gasteiger partial charge in [0.15, 0.2) is 5.69 Å². The van der Waals surface area contributed by atoms with Crippen LogP contribution in [0.2, 0.25) is 0 Å². The Morgan fingerprint density at radius 3 is 2.55 bits per heavy atom. The third kappa shape index (κ3) is 4.85. The van der Waals surface area contributed by atoms with Crippen LogP contribution in [0, 0.1) is 6.92 Å². The molecule has 0 bridgehead atoms. The number of rotatable bonds is 6. The van der Waals surface area contributed by atoms with Crippen molar-refractivity contribution in [3.63, 3.8) is 0 Å². The van der Waals surface area contributed by atoms with E-state index in [0.717, 1.165) is 16.8 Å². The van der Waals surface area contributed by atoms with Crippen LogP contribution < -0.4 is 10.7 Å². The number of para-hydroxylation sites is 1. The second-order valence-electron chi connectivity index (χ2n) is 7.13. The van der Waals surface area contributed by atoms with Crippen LogP contribution >= 0.6 is 0 Å². The topological polar surface area (TPSA) is 80.4 Å². The Hall–Kier alpha value is -3.40. The third-order valence-electron chi connectivity index (χ3n) is 4.71. The van der Waals surface area contributed by atoms with Crippen LogP contribution in [0.15, 0.2) is 57.9 Å². The first kappa shape index (κ1) is 22.3. The van der Waals surface area contributed by atoms with Crippen molar-refractivity contribution in [2.75, 3.05) is 20.6 Å². The number of hydrogen-bond donors (Lipinski definition) is 1. The van der Waals surface area contributed by atoms with Gasteiger partial charge in [-0.05, 0) is 45.3 Å². The first-order valence-corrected chi connectivity index (χ1v) is 9.35. The molecule has 0 aliphatic carbocycles. The molecule has 0 spiro atoms. The molecule has 0 fully saturated rings. The fraction of sp³-hybridized carbons (Fsp3) is 0.286. The average molecular weight is 434 g/mol. The molecule has 0 aliphatic rings. The number of likely N-dealkylation sites (N-methyl/N-ethyl adjacent to an activating group) is 1.